The maximum Gasteiger partial charge on any atom is 0.232 e. The largest absolute Gasteiger partial charge is 0.480 e. The van der Waals surface area contributed by atoms with Crippen LogP contribution >= 0.6 is 15.9 Å². The normalized spacial score (nSPS) is 10.1. The Morgan fingerprint density at radius 2 is 2.44 bits per heavy atom. The summed E-state index contributed by atoms with van der Waals surface area (Å²) in [6, 6.07) is 1.77. The Labute approximate surface area is 100 Å². The molecule has 0 bridgehead atoms. The highest BCUT2D eigenvalue weighted by Crippen LogP contribution is 2.21. The highest BCUT2D eigenvalue weighted by molar-refractivity contribution is 9.10. The molecule has 2 aromatic heterocycles. The lowest BCUT2D eigenvalue weighted by Gasteiger charge is -2.05. The third-order valence-electron chi connectivity index (χ3n) is 1.82. The van der Waals surface area contributed by atoms with Crippen molar-refractivity contribution in [2.45, 2.75) is 6.54 Å². The maximum atomic E-state index is 5.05. The van der Waals surface area contributed by atoms with Crippen molar-refractivity contribution in [3.63, 3.8) is 0 Å². The fourth-order valence-electron chi connectivity index (χ4n) is 1.08. The Hall–Kier alpha value is -1.63. The van der Waals surface area contributed by atoms with Gasteiger partial charge in [-0.05, 0) is 15.9 Å². The molecule has 1 N–H and O–H groups in total. The van der Waals surface area contributed by atoms with E-state index in [0.717, 1.165) is 5.69 Å². The number of anilines is 1. The lowest BCUT2D eigenvalue weighted by Crippen LogP contribution is -2.04. The lowest BCUT2D eigenvalue weighted by atomic mass is 10.4. The molecule has 0 saturated heterocycles. The molecule has 6 nitrogen and oxygen atoms in total. The van der Waals surface area contributed by atoms with Crippen molar-refractivity contribution >= 4 is 21.9 Å². The summed E-state index contributed by atoms with van der Waals surface area (Å²) in [5, 5.41) is 6.76. The Morgan fingerprint density at radius 3 is 3.12 bits per heavy atom. The van der Waals surface area contributed by atoms with Crippen LogP contribution in [0.15, 0.2) is 27.5 Å². The van der Waals surface area contributed by atoms with Crippen molar-refractivity contribution < 1.29 is 9.26 Å². The van der Waals surface area contributed by atoms with Crippen LogP contribution in [0.25, 0.3) is 0 Å². The molecule has 0 aliphatic heterocycles. The molecule has 0 aliphatic rings. The highest BCUT2D eigenvalue weighted by Gasteiger charge is 2.05. The minimum Gasteiger partial charge on any atom is -0.480 e. The van der Waals surface area contributed by atoms with Crippen molar-refractivity contribution in [3.05, 3.63) is 28.7 Å². The van der Waals surface area contributed by atoms with Crippen LogP contribution in [0.1, 0.15) is 5.69 Å². The quantitative estimate of drug-likeness (QED) is 0.924. The van der Waals surface area contributed by atoms with E-state index in [1.807, 2.05) is 0 Å². The summed E-state index contributed by atoms with van der Waals surface area (Å²) >= 11 is 3.28. The van der Waals surface area contributed by atoms with Crippen LogP contribution in [0.5, 0.6) is 5.88 Å². The zero-order chi connectivity index (χ0) is 11.4. The fourth-order valence-corrected chi connectivity index (χ4v) is 1.43. The van der Waals surface area contributed by atoms with E-state index >= 15 is 0 Å². The molecule has 2 aromatic rings. The van der Waals surface area contributed by atoms with Gasteiger partial charge in [-0.25, -0.2) is 4.98 Å². The monoisotopic (exact) mass is 284 g/mol. The van der Waals surface area contributed by atoms with E-state index in [4.69, 9.17) is 9.26 Å². The topological polar surface area (TPSA) is 73.1 Å². The minimum absolute atomic E-state index is 0.475. The predicted molar refractivity (Wildman–Crippen MR) is 60.1 cm³/mol. The van der Waals surface area contributed by atoms with Crippen LogP contribution < -0.4 is 10.1 Å². The minimum atomic E-state index is 0.475. The molecule has 0 aromatic carbocycles. The summed E-state index contributed by atoms with van der Waals surface area (Å²) in [4.78, 5) is 8.22. The summed E-state index contributed by atoms with van der Waals surface area (Å²) < 4.78 is 10.5. The summed E-state index contributed by atoms with van der Waals surface area (Å²) in [6.07, 6.45) is 3.14. The number of ether oxygens (including phenoxy) is 1. The molecule has 0 aliphatic carbocycles. The van der Waals surface area contributed by atoms with Crippen molar-refractivity contribution in [1.29, 1.82) is 0 Å². The van der Waals surface area contributed by atoms with Gasteiger partial charge in [-0.1, -0.05) is 5.16 Å². The Kier molecular flexibility index (Phi) is 3.35. The molecule has 2 rings (SSSR count). The average molecular weight is 285 g/mol. The molecule has 16 heavy (non-hydrogen) atoms. The molecule has 0 atom stereocenters. The lowest BCUT2D eigenvalue weighted by molar-refractivity contribution is 0.394. The predicted octanol–water partition coefficient (Wildman–Crippen LogP) is 1.85. The molecule has 0 radical (unpaired) electrons. The molecular weight excluding hydrogens is 276 g/mol. The number of hydrogen-bond acceptors (Lipinski definition) is 6. The van der Waals surface area contributed by atoms with Gasteiger partial charge in [0.15, 0.2) is 0 Å². The van der Waals surface area contributed by atoms with Gasteiger partial charge in [-0.3, -0.25) is 0 Å². The molecule has 0 unspecified atom stereocenters. The third kappa shape index (κ3) is 2.48. The van der Waals surface area contributed by atoms with Gasteiger partial charge in [0.25, 0.3) is 0 Å². The summed E-state index contributed by atoms with van der Waals surface area (Å²) in [5.74, 6) is 0.959. The van der Waals surface area contributed by atoms with E-state index < -0.39 is 0 Å². The average Bonchev–Trinajstić information content (AvgIpc) is 2.81. The Balaban J connectivity index is 2.04. The van der Waals surface area contributed by atoms with Crippen LogP contribution in [-0.2, 0) is 6.54 Å². The first kappa shape index (κ1) is 10.9. The number of halogens is 1. The first-order chi connectivity index (χ1) is 7.79. The summed E-state index contributed by atoms with van der Waals surface area (Å²) in [5.41, 5.74) is 0.783. The van der Waals surface area contributed by atoms with E-state index in [1.165, 1.54) is 6.26 Å². The molecule has 0 amide bonds. The smallest absolute Gasteiger partial charge is 0.232 e. The third-order valence-corrected chi connectivity index (χ3v) is 2.37. The van der Waals surface area contributed by atoms with Crippen molar-refractivity contribution in [2.24, 2.45) is 0 Å². The molecule has 7 heteroatoms. The van der Waals surface area contributed by atoms with E-state index in [2.05, 4.69) is 36.4 Å². The van der Waals surface area contributed by atoms with Gasteiger partial charge in [0.2, 0.25) is 11.8 Å². The second kappa shape index (κ2) is 4.93. The second-order valence-electron chi connectivity index (χ2n) is 2.90. The van der Waals surface area contributed by atoms with Crippen LogP contribution in [0.2, 0.25) is 0 Å². The zero-order valence-electron chi connectivity index (χ0n) is 8.48. The van der Waals surface area contributed by atoms with Gasteiger partial charge < -0.3 is 14.6 Å². The SMILES string of the molecule is COc1nc(NCc2ccon2)ncc1Br. The molecular formula is C9H9BrN4O2. The zero-order valence-corrected chi connectivity index (χ0v) is 10.1. The highest BCUT2D eigenvalue weighted by atomic mass is 79.9. The van der Waals surface area contributed by atoms with Gasteiger partial charge in [0.1, 0.15) is 12.0 Å². The van der Waals surface area contributed by atoms with E-state index in [1.54, 1.807) is 19.4 Å². The van der Waals surface area contributed by atoms with Crippen molar-refractivity contribution in [3.8, 4) is 5.88 Å². The summed E-state index contributed by atoms with van der Waals surface area (Å²) in [6.45, 7) is 0.501. The first-order valence-corrected chi connectivity index (χ1v) is 5.28. The first-order valence-electron chi connectivity index (χ1n) is 4.49. The Bertz CT molecular complexity index is 461. The number of aromatic nitrogens is 3. The summed E-state index contributed by atoms with van der Waals surface area (Å²) in [7, 11) is 1.55. The van der Waals surface area contributed by atoms with Crippen LogP contribution in [0.3, 0.4) is 0 Å². The van der Waals surface area contributed by atoms with Gasteiger partial charge in [0, 0.05) is 6.07 Å². The fraction of sp³-hybridized carbons (Fsp3) is 0.222. The standard InChI is InChI=1S/C9H9BrN4O2/c1-15-8-7(10)5-12-9(13-8)11-4-6-2-3-16-14-6/h2-3,5H,4H2,1H3,(H,11,12,13). The second-order valence-corrected chi connectivity index (χ2v) is 3.75. The van der Waals surface area contributed by atoms with Crippen molar-refractivity contribution in [2.75, 3.05) is 12.4 Å². The van der Waals surface area contributed by atoms with Gasteiger partial charge >= 0.3 is 0 Å². The van der Waals surface area contributed by atoms with Crippen LogP contribution in [-0.4, -0.2) is 22.2 Å². The molecule has 0 spiro atoms. The van der Waals surface area contributed by atoms with E-state index in [-0.39, 0.29) is 0 Å². The van der Waals surface area contributed by atoms with E-state index in [9.17, 15) is 0 Å². The Morgan fingerprint density at radius 1 is 1.56 bits per heavy atom. The number of rotatable bonds is 4. The molecule has 84 valence electrons. The number of methoxy groups -OCH3 is 1. The van der Waals surface area contributed by atoms with Crippen LogP contribution in [0.4, 0.5) is 5.95 Å². The van der Waals surface area contributed by atoms with Crippen LogP contribution in [0, 0.1) is 0 Å². The molecule has 0 saturated carbocycles. The van der Waals surface area contributed by atoms with Crippen molar-refractivity contribution in [1.82, 2.24) is 15.1 Å². The number of nitrogens with zero attached hydrogens (tertiary/aromatic N) is 3. The van der Waals surface area contributed by atoms with Gasteiger partial charge in [0.05, 0.1) is 24.3 Å². The number of nitrogens with one attached hydrogen (secondary N) is 1. The van der Waals surface area contributed by atoms with Gasteiger partial charge in [-0.2, -0.15) is 4.98 Å². The number of hydrogen-bond donors (Lipinski definition) is 1. The molecule has 2 heterocycles. The maximum absolute atomic E-state index is 5.05. The van der Waals surface area contributed by atoms with E-state index in [0.29, 0.717) is 22.8 Å². The van der Waals surface area contributed by atoms with Gasteiger partial charge in [-0.15, -0.1) is 0 Å². The molecule has 0 fully saturated rings.